The molecule has 0 unspecified atom stereocenters. The van der Waals surface area contributed by atoms with Crippen molar-refractivity contribution in [2.45, 2.75) is 13.1 Å². The number of nitrogens with one attached hydrogen (secondary N) is 1. The van der Waals surface area contributed by atoms with Crippen LogP contribution in [0.3, 0.4) is 0 Å². The number of halogens is 4. The Morgan fingerprint density at radius 1 is 1.18 bits per heavy atom. The van der Waals surface area contributed by atoms with Gasteiger partial charge in [-0.1, -0.05) is 0 Å². The number of rotatable bonds is 4. The van der Waals surface area contributed by atoms with Crippen molar-refractivity contribution in [3.05, 3.63) is 59.2 Å². The second-order valence-corrected chi connectivity index (χ2v) is 5.67. The summed E-state index contributed by atoms with van der Waals surface area (Å²) in [6, 6.07) is 6.18. The van der Waals surface area contributed by atoms with Gasteiger partial charge in [0, 0.05) is 11.8 Å². The van der Waals surface area contributed by atoms with Crippen molar-refractivity contribution in [1.82, 2.24) is 20.0 Å². The van der Waals surface area contributed by atoms with E-state index >= 15 is 0 Å². The van der Waals surface area contributed by atoms with Gasteiger partial charge >= 0.3 is 6.18 Å². The van der Waals surface area contributed by atoms with Gasteiger partial charge in [-0.2, -0.15) is 18.3 Å². The number of carbonyl (C=O) groups is 1. The Morgan fingerprint density at radius 2 is 1.93 bits per heavy atom. The molecule has 0 aliphatic heterocycles. The number of hydrogen-bond donors (Lipinski definition) is 1. The lowest BCUT2D eigenvalue weighted by atomic mass is 10.2. The number of anilines is 1. The van der Waals surface area contributed by atoms with E-state index < -0.39 is 29.2 Å². The number of benzene rings is 1. The van der Waals surface area contributed by atoms with Crippen LogP contribution in [0.5, 0.6) is 5.88 Å². The number of aromatic nitrogens is 4. The van der Waals surface area contributed by atoms with Crippen LogP contribution < -0.4 is 10.1 Å². The summed E-state index contributed by atoms with van der Waals surface area (Å²) in [5.41, 5.74) is -1.65. The molecule has 146 valence electrons. The van der Waals surface area contributed by atoms with E-state index in [-0.39, 0.29) is 22.9 Å². The molecule has 0 saturated carbocycles. The molecular weight excluding hydrogens is 382 g/mol. The largest absolute Gasteiger partial charge is 0.480 e. The maximum atomic E-state index is 13.6. The second kappa shape index (κ2) is 7.25. The number of alkyl halides is 3. The van der Waals surface area contributed by atoms with E-state index in [1.54, 1.807) is 0 Å². The van der Waals surface area contributed by atoms with E-state index in [9.17, 15) is 22.4 Å². The van der Waals surface area contributed by atoms with Crippen LogP contribution in [0.4, 0.5) is 23.2 Å². The van der Waals surface area contributed by atoms with Crippen molar-refractivity contribution in [2.24, 2.45) is 0 Å². The molecule has 0 atom stereocenters. The maximum absolute atomic E-state index is 13.6. The van der Waals surface area contributed by atoms with Gasteiger partial charge in [0.15, 0.2) is 11.5 Å². The van der Waals surface area contributed by atoms with Gasteiger partial charge in [0.2, 0.25) is 5.88 Å². The third-order valence-corrected chi connectivity index (χ3v) is 3.75. The highest BCUT2D eigenvalue weighted by atomic mass is 19.4. The van der Waals surface area contributed by atoms with E-state index in [0.29, 0.717) is 4.68 Å². The molecule has 1 aromatic carbocycles. The smallest absolute Gasteiger partial charge is 0.434 e. The number of ether oxygens (including phenoxy) is 1. The van der Waals surface area contributed by atoms with E-state index in [4.69, 9.17) is 4.74 Å². The Bertz CT molecular complexity index is 1020. The number of methoxy groups -OCH3 is 1. The Morgan fingerprint density at radius 3 is 2.50 bits per heavy atom. The van der Waals surface area contributed by atoms with Crippen molar-refractivity contribution >= 4 is 11.6 Å². The highest BCUT2D eigenvalue weighted by molar-refractivity contribution is 6.05. The average molecular weight is 395 g/mol. The number of carbonyl (C=O) groups excluding carboxylic acids is 1. The highest BCUT2D eigenvalue weighted by Crippen LogP contribution is 2.33. The van der Waals surface area contributed by atoms with E-state index in [1.807, 2.05) is 0 Å². The number of hydrogen-bond acceptors (Lipinski definition) is 5. The molecule has 0 saturated heterocycles. The normalized spacial score (nSPS) is 11.4. The summed E-state index contributed by atoms with van der Waals surface area (Å²) < 4.78 is 59.5. The molecule has 0 radical (unpaired) electrons. The first-order valence-electron chi connectivity index (χ1n) is 7.81. The molecule has 1 amide bonds. The summed E-state index contributed by atoms with van der Waals surface area (Å²) >= 11 is 0. The topological polar surface area (TPSA) is 81.9 Å². The third-order valence-electron chi connectivity index (χ3n) is 3.75. The van der Waals surface area contributed by atoms with Gasteiger partial charge in [0.25, 0.3) is 5.91 Å². The van der Waals surface area contributed by atoms with Gasteiger partial charge in [-0.3, -0.25) is 4.79 Å². The predicted molar refractivity (Wildman–Crippen MR) is 89.8 cm³/mol. The number of aryl methyl sites for hydroxylation is 1. The van der Waals surface area contributed by atoms with E-state index in [0.717, 1.165) is 12.3 Å². The van der Waals surface area contributed by atoms with E-state index in [1.165, 1.54) is 38.3 Å². The third kappa shape index (κ3) is 3.77. The van der Waals surface area contributed by atoms with Crippen LogP contribution in [0.25, 0.3) is 5.82 Å². The molecule has 3 rings (SSSR count). The standard InChI is InChI=1S/C17H13F4N5O2/c1-9-7-10(3-4-12(9)18)23-16(27)11-8-22-26(15(11)17(19,20)21)13-5-6-14(28-2)25-24-13/h3-8H,1-2H3,(H,23,27). The number of amides is 1. The van der Waals surface area contributed by atoms with Gasteiger partial charge in [0.05, 0.1) is 18.9 Å². The van der Waals surface area contributed by atoms with Crippen LogP contribution in [0.15, 0.2) is 36.5 Å². The van der Waals surface area contributed by atoms with E-state index in [2.05, 4.69) is 20.6 Å². The van der Waals surface area contributed by atoms with Crippen LogP contribution in [0.1, 0.15) is 21.6 Å². The fourth-order valence-electron chi connectivity index (χ4n) is 2.42. The molecule has 2 aromatic heterocycles. The summed E-state index contributed by atoms with van der Waals surface area (Å²) in [6.07, 6.45) is -4.12. The minimum Gasteiger partial charge on any atom is -0.480 e. The summed E-state index contributed by atoms with van der Waals surface area (Å²) in [5.74, 6) is -1.69. The summed E-state index contributed by atoms with van der Waals surface area (Å²) in [5, 5.41) is 13.2. The van der Waals surface area contributed by atoms with Crippen molar-refractivity contribution in [2.75, 3.05) is 12.4 Å². The Labute approximate surface area is 156 Å². The lowest BCUT2D eigenvalue weighted by molar-refractivity contribution is -0.143. The molecule has 0 aliphatic carbocycles. The minimum atomic E-state index is -4.90. The van der Waals surface area contributed by atoms with Crippen molar-refractivity contribution in [3.63, 3.8) is 0 Å². The predicted octanol–water partition coefficient (Wildman–Crippen LogP) is 3.39. The Hall–Kier alpha value is -3.50. The molecule has 0 aliphatic rings. The van der Waals surface area contributed by atoms with Gasteiger partial charge in [0.1, 0.15) is 5.82 Å². The maximum Gasteiger partial charge on any atom is 0.434 e. The average Bonchev–Trinajstić information content (AvgIpc) is 3.10. The first kappa shape index (κ1) is 19.3. The Balaban J connectivity index is 1.99. The van der Waals surface area contributed by atoms with Crippen LogP contribution in [-0.4, -0.2) is 33.0 Å². The Kier molecular flexibility index (Phi) is 4.99. The SMILES string of the molecule is COc1ccc(-n2ncc(C(=O)Nc3ccc(F)c(C)c3)c2C(F)(F)F)nn1. The fourth-order valence-corrected chi connectivity index (χ4v) is 2.42. The molecule has 28 heavy (non-hydrogen) atoms. The highest BCUT2D eigenvalue weighted by Gasteiger charge is 2.41. The zero-order valence-electron chi connectivity index (χ0n) is 14.6. The second-order valence-electron chi connectivity index (χ2n) is 5.67. The zero-order chi connectivity index (χ0) is 20.5. The van der Waals surface area contributed by atoms with Crippen molar-refractivity contribution in [3.8, 4) is 11.7 Å². The molecule has 0 fully saturated rings. The molecule has 3 aromatic rings. The van der Waals surface area contributed by atoms with Crippen LogP contribution >= 0.6 is 0 Å². The van der Waals surface area contributed by atoms with Gasteiger partial charge in [-0.15, -0.1) is 10.2 Å². The lowest BCUT2D eigenvalue weighted by Gasteiger charge is -2.12. The molecule has 0 bridgehead atoms. The monoisotopic (exact) mass is 395 g/mol. The van der Waals surface area contributed by atoms with Gasteiger partial charge in [-0.05, 0) is 36.8 Å². The van der Waals surface area contributed by atoms with Crippen molar-refractivity contribution < 1.29 is 27.1 Å². The zero-order valence-corrected chi connectivity index (χ0v) is 14.6. The quantitative estimate of drug-likeness (QED) is 0.685. The van der Waals surface area contributed by atoms with Gasteiger partial charge in [-0.25, -0.2) is 9.07 Å². The van der Waals surface area contributed by atoms with Gasteiger partial charge < -0.3 is 10.1 Å². The van der Waals surface area contributed by atoms with Crippen LogP contribution in [-0.2, 0) is 6.18 Å². The lowest BCUT2D eigenvalue weighted by Crippen LogP contribution is -2.21. The molecule has 1 N–H and O–H groups in total. The first-order valence-corrected chi connectivity index (χ1v) is 7.81. The molecular formula is C17H13F4N5O2. The first-order chi connectivity index (χ1) is 13.2. The van der Waals surface area contributed by atoms with Crippen LogP contribution in [0.2, 0.25) is 0 Å². The molecule has 2 heterocycles. The van der Waals surface area contributed by atoms with Crippen molar-refractivity contribution in [1.29, 1.82) is 0 Å². The summed E-state index contributed by atoms with van der Waals surface area (Å²) in [6.45, 7) is 1.46. The summed E-state index contributed by atoms with van der Waals surface area (Å²) in [4.78, 5) is 12.4. The fraction of sp³-hybridized carbons (Fsp3) is 0.176. The van der Waals surface area contributed by atoms with Crippen LogP contribution in [0, 0.1) is 12.7 Å². The molecule has 0 spiro atoms. The molecule has 11 heteroatoms. The number of nitrogens with zero attached hydrogens (tertiary/aromatic N) is 4. The minimum absolute atomic E-state index is 0.106. The molecule has 7 nitrogen and oxygen atoms in total. The summed E-state index contributed by atoms with van der Waals surface area (Å²) in [7, 11) is 1.33.